The van der Waals surface area contributed by atoms with Crippen LogP contribution < -0.4 is 4.74 Å². The highest BCUT2D eigenvalue weighted by Gasteiger charge is 2.09. The van der Waals surface area contributed by atoms with Crippen LogP contribution in [0.3, 0.4) is 0 Å². The van der Waals surface area contributed by atoms with Crippen molar-refractivity contribution in [3.05, 3.63) is 28.2 Å². The molecule has 17 heavy (non-hydrogen) atoms. The summed E-state index contributed by atoms with van der Waals surface area (Å²) in [6.45, 7) is -1.95. The number of rotatable bonds is 5. The van der Waals surface area contributed by atoms with Crippen LogP contribution in [0.1, 0.15) is 5.56 Å². The summed E-state index contributed by atoms with van der Waals surface area (Å²) in [6.07, 6.45) is 0. The smallest absolute Gasteiger partial charge is 0.387 e. The molecule has 0 aliphatic rings. The topological polar surface area (TPSA) is 36.3 Å². The lowest BCUT2D eigenvalue weighted by atomic mass is 10.2. The van der Waals surface area contributed by atoms with E-state index in [1.165, 1.54) is 6.07 Å². The van der Waals surface area contributed by atoms with E-state index in [0.29, 0.717) is 17.6 Å². The first kappa shape index (κ1) is 13.9. The zero-order valence-electron chi connectivity index (χ0n) is 9.16. The van der Waals surface area contributed by atoms with Crippen molar-refractivity contribution in [2.45, 2.75) is 13.2 Å². The summed E-state index contributed by atoms with van der Waals surface area (Å²) in [7, 11) is 1.81. The number of nitrogens with zero attached hydrogens (tertiary/aromatic N) is 2. The predicted molar refractivity (Wildman–Crippen MR) is 62.7 cm³/mol. The number of nitriles is 1. The van der Waals surface area contributed by atoms with E-state index in [-0.39, 0.29) is 5.75 Å². The summed E-state index contributed by atoms with van der Waals surface area (Å²) in [4.78, 5) is 1.81. The quantitative estimate of drug-likeness (QED) is 0.785. The molecular formula is C11H11BrF2N2O. The van der Waals surface area contributed by atoms with Gasteiger partial charge in [-0.25, -0.2) is 0 Å². The van der Waals surface area contributed by atoms with Crippen LogP contribution in [-0.4, -0.2) is 25.1 Å². The fourth-order valence-corrected chi connectivity index (χ4v) is 1.84. The van der Waals surface area contributed by atoms with Crippen molar-refractivity contribution in [1.82, 2.24) is 4.90 Å². The van der Waals surface area contributed by atoms with Gasteiger partial charge in [0.25, 0.3) is 0 Å². The number of hydrogen-bond acceptors (Lipinski definition) is 3. The molecule has 0 aromatic heterocycles. The Morgan fingerprint density at radius 2 is 2.24 bits per heavy atom. The van der Waals surface area contributed by atoms with E-state index < -0.39 is 6.61 Å². The third-order valence-corrected chi connectivity index (χ3v) is 2.63. The molecule has 0 saturated heterocycles. The lowest BCUT2D eigenvalue weighted by Gasteiger charge is -2.13. The summed E-state index contributed by atoms with van der Waals surface area (Å²) >= 11 is 3.16. The fourth-order valence-electron chi connectivity index (χ4n) is 1.32. The first-order chi connectivity index (χ1) is 8.02. The minimum absolute atomic E-state index is 0.103. The van der Waals surface area contributed by atoms with E-state index in [0.717, 1.165) is 5.56 Å². The van der Waals surface area contributed by atoms with E-state index in [1.54, 1.807) is 19.2 Å². The molecule has 92 valence electrons. The van der Waals surface area contributed by atoms with Gasteiger partial charge in [0.05, 0.1) is 17.1 Å². The van der Waals surface area contributed by atoms with Gasteiger partial charge < -0.3 is 4.74 Å². The molecule has 0 spiro atoms. The van der Waals surface area contributed by atoms with Gasteiger partial charge in [-0.1, -0.05) is 6.07 Å². The van der Waals surface area contributed by atoms with Crippen molar-refractivity contribution in [2.24, 2.45) is 0 Å². The van der Waals surface area contributed by atoms with Gasteiger partial charge in [0, 0.05) is 6.54 Å². The molecule has 6 heteroatoms. The summed E-state index contributed by atoms with van der Waals surface area (Å²) in [5.74, 6) is 0.103. The normalized spacial score (nSPS) is 10.6. The highest BCUT2D eigenvalue weighted by atomic mass is 79.9. The Balaban J connectivity index is 2.72. The van der Waals surface area contributed by atoms with Crippen molar-refractivity contribution in [3.8, 4) is 11.8 Å². The zero-order valence-corrected chi connectivity index (χ0v) is 10.7. The number of halogens is 3. The Morgan fingerprint density at radius 3 is 2.76 bits per heavy atom. The fraction of sp³-hybridized carbons (Fsp3) is 0.364. The van der Waals surface area contributed by atoms with Gasteiger partial charge >= 0.3 is 6.61 Å². The van der Waals surface area contributed by atoms with Crippen molar-refractivity contribution < 1.29 is 13.5 Å². The Bertz CT molecular complexity index is 420. The highest BCUT2D eigenvalue weighted by molar-refractivity contribution is 9.10. The average molecular weight is 305 g/mol. The van der Waals surface area contributed by atoms with Crippen molar-refractivity contribution >= 4 is 15.9 Å². The van der Waals surface area contributed by atoms with Crippen LogP contribution in [0.15, 0.2) is 22.7 Å². The highest BCUT2D eigenvalue weighted by Crippen LogP contribution is 2.27. The molecule has 1 rings (SSSR count). The van der Waals surface area contributed by atoms with Crippen LogP contribution in [0, 0.1) is 11.3 Å². The van der Waals surface area contributed by atoms with Gasteiger partial charge in [-0.2, -0.15) is 14.0 Å². The van der Waals surface area contributed by atoms with Gasteiger partial charge in [-0.3, -0.25) is 4.90 Å². The van der Waals surface area contributed by atoms with Crippen LogP contribution in [-0.2, 0) is 6.54 Å². The van der Waals surface area contributed by atoms with E-state index in [2.05, 4.69) is 20.7 Å². The third-order valence-electron chi connectivity index (χ3n) is 2.01. The molecule has 0 amide bonds. The number of benzene rings is 1. The lowest BCUT2D eigenvalue weighted by molar-refractivity contribution is -0.0503. The minimum Gasteiger partial charge on any atom is -0.434 e. The van der Waals surface area contributed by atoms with Crippen LogP contribution in [0.2, 0.25) is 0 Å². The molecule has 0 unspecified atom stereocenters. The molecular weight excluding hydrogens is 294 g/mol. The van der Waals surface area contributed by atoms with Gasteiger partial charge in [-0.05, 0) is 40.7 Å². The maximum atomic E-state index is 12.0. The Labute approximate surface area is 107 Å². The second kappa shape index (κ2) is 6.52. The number of hydrogen-bond donors (Lipinski definition) is 0. The van der Waals surface area contributed by atoms with Gasteiger partial charge in [-0.15, -0.1) is 0 Å². The second-order valence-electron chi connectivity index (χ2n) is 3.47. The van der Waals surface area contributed by atoms with Crippen LogP contribution in [0.25, 0.3) is 0 Å². The Morgan fingerprint density at radius 1 is 1.53 bits per heavy atom. The first-order valence-corrected chi connectivity index (χ1v) is 5.61. The minimum atomic E-state index is -2.83. The van der Waals surface area contributed by atoms with Crippen molar-refractivity contribution in [3.63, 3.8) is 0 Å². The average Bonchev–Trinajstić information content (AvgIpc) is 2.22. The summed E-state index contributed by atoms with van der Waals surface area (Å²) in [5, 5.41) is 8.51. The Kier molecular flexibility index (Phi) is 5.32. The van der Waals surface area contributed by atoms with E-state index in [1.807, 2.05) is 11.0 Å². The third kappa shape index (κ3) is 4.67. The molecule has 0 N–H and O–H groups in total. The SMILES string of the molecule is CN(CC#N)Cc1ccc(OC(F)F)c(Br)c1. The molecule has 1 aromatic carbocycles. The second-order valence-corrected chi connectivity index (χ2v) is 4.33. The molecule has 0 heterocycles. The molecule has 1 aromatic rings. The van der Waals surface area contributed by atoms with Crippen LogP contribution in [0.5, 0.6) is 5.75 Å². The number of alkyl halides is 2. The maximum Gasteiger partial charge on any atom is 0.387 e. The molecule has 0 radical (unpaired) electrons. The molecule has 0 fully saturated rings. The van der Waals surface area contributed by atoms with Crippen molar-refractivity contribution in [2.75, 3.05) is 13.6 Å². The van der Waals surface area contributed by atoms with E-state index in [4.69, 9.17) is 5.26 Å². The van der Waals surface area contributed by atoms with Crippen LogP contribution >= 0.6 is 15.9 Å². The summed E-state index contributed by atoms with van der Waals surface area (Å²) in [5.41, 5.74) is 0.913. The lowest BCUT2D eigenvalue weighted by Crippen LogP contribution is -2.17. The number of ether oxygens (including phenoxy) is 1. The molecule has 0 aliphatic heterocycles. The largest absolute Gasteiger partial charge is 0.434 e. The molecule has 3 nitrogen and oxygen atoms in total. The molecule has 0 saturated carbocycles. The molecule has 0 aliphatic carbocycles. The zero-order chi connectivity index (χ0) is 12.8. The monoisotopic (exact) mass is 304 g/mol. The predicted octanol–water partition coefficient (Wildman–Crippen LogP) is 3.01. The molecule has 0 atom stereocenters. The maximum absolute atomic E-state index is 12.0. The first-order valence-electron chi connectivity index (χ1n) is 4.81. The van der Waals surface area contributed by atoms with E-state index in [9.17, 15) is 8.78 Å². The Hall–Kier alpha value is -1.19. The van der Waals surface area contributed by atoms with E-state index >= 15 is 0 Å². The summed E-state index contributed by atoms with van der Waals surface area (Å²) in [6, 6.07) is 6.90. The standard InChI is InChI=1S/C11H11BrF2N2O/c1-16(5-4-15)7-8-2-3-10(9(12)6-8)17-11(13)14/h2-3,6,11H,5,7H2,1H3. The van der Waals surface area contributed by atoms with Gasteiger partial charge in [0.1, 0.15) is 5.75 Å². The van der Waals surface area contributed by atoms with Gasteiger partial charge in [0.15, 0.2) is 0 Å². The van der Waals surface area contributed by atoms with Crippen molar-refractivity contribution in [1.29, 1.82) is 5.26 Å². The van der Waals surface area contributed by atoms with Gasteiger partial charge in [0.2, 0.25) is 0 Å². The molecule has 0 bridgehead atoms. The van der Waals surface area contributed by atoms with Crippen LogP contribution in [0.4, 0.5) is 8.78 Å². The summed E-state index contributed by atoms with van der Waals surface area (Å²) < 4.78 is 28.8.